The van der Waals surface area contributed by atoms with Crippen LogP contribution in [0.4, 0.5) is 4.39 Å². The van der Waals surface area contributed by atoms with Gasteiger partial charge in [-0.3, -0.25) is 0 Å². The van der Waals surface area contributed by atoms with Gasteiger partial charge < -0.3 is 9.55 Å². The summed E-state index contributed by atoms with van der Waals surface area (Å²) in [4.78, 5) is 7.20. The summed E-state index contributed by atoms with van der Waals surface area (Å²) in [5.74, 6) is -0.206. The van der Waals surface area contributed by atoms with Gasteiger partial charge in [0.05, 0.1) is 18.2 Å². The fourth-order valence-electron chi connectivity index (χ4n) is 2.14. The molecule has 3 nitrogen and oxygen atoms in total. The maximum Gasteiger partial charge on any atom is 0.133 e. The Balaban J connectivity index is 2.31. The first-order valence-electron chi connectivity index (χ1n) is 5.57. The second-order valence-electron chi connectivity index (χ2n) is 3.93. The number of fused-ring (bicyclic) bond motifs is 1. The Morgan fingerprint density at radius 1 is 1.41 bits per heavy atom. The minimum absolute atomic E-state index is 0.206. The molecule has 0 bridgehead atoms. The highest BCUT2D eigenvalue weighted by molar-refractivity contribution is 5.95. The van der Waals surface area contributed by atoms with Gasteiger partial charge in [-0.25, -0.2) is 9.37 Å². The Hall–Kier alpha value is -2.10. The van der Waals surface area contributed by atoms with Crippen molar-refractivity contribution in [3.63, 3.8) is 0 Å². The van der Waals surface area contributed by atoms with Crippen LogP contribution in [0.2, 0.25) is 0 Å². The van der Waals surface area contributed by atoms with Gasteiger partial charge in [-0.05, 0) is 19.1 Å². The van der Waals surface area contributed by atoms with Crippen molar-refractivity contribution >= 4 is 10.9 Å². The Bertz CT molecular complexity index is 666. The summed E-state index contributed by atoms with van der Waals surface area (Å²) in [6.45, 7) is 2.85. The average molecular weight is 229 g/mol. The van der Waals surface area contributed by atoms with Crippen LogP contribution in [0, 0.1) is 5.82 Å². The molecule has 1 aromatic carbocycles. The van der Waals surface area contributed by atoms with Gasteiger partial charge in [0, 0.05) is 29.2 Å². The Morgan fingerprint density at radius 2 is 2.29 bits per heavy atom. The molecule has 2 heterocycles. The van der Waals surface area contributed by atoms with E-state index in [4.69, 9.17) is 0 Å². The number of aromatic amines is 1. The summed E-state index contributed by atoms with van der Waals surface area (Å²) in [6, 6.07) is 5.05. The molecular weight excluding hydrogens is 217 g/mol. The van der Waals surface area contributed by atoms with E-state index in [0.29, 0.717) is 5.39 Å². The number of H-pyrrole nitrogens is 1. The van der Waals surface area contributed by atoms with Crippen molar-refractivity contribution in [1.82, 2.24) is 14.5 Å². The molecule has 0 atom stereocenters. The number of nitrogens with zero attached hydrogens (tertiary/aromatic N) is 2. The molecule has 0 amide bonds. The topological polar surface area (TPSA) is 33.6 Å². The molecule has 0 fully saturated rings. The van der Waals surface area contributed by atoms with E-state index in [2.05, 4.69) is 9.97 Å². The SMILES string of the molecule is CCn1cncc1-c1c[nH]c2cccc(F)c12. The number of rotatable bonds is 2. The van der Waals surface area contributed by atoms with E-state index in [1.54, 1.807) is 18.6 Å². The van der Waals surface area contributed by atoms with Crippen LogP contribution in [-0.2, 0) is 6.54 Å². The molecule has 4 heteroatoms. The summed E-state index contributed by atoms with van der Waals surface area (Å²) >= 11 is 0. The quantitative estimate of drug-likeness (QED) is 0.719. The number of aromatic nitrogens is 3. The predicted octanol–water partition coefficient (Wildman–Crippen LogP) is 3.19. The van der Waals surface area contributed by atoms with Crippen LogP contribution in [-0.4, -0.2) is 14.5 Å². The largest absolute Gasteiger partial charge is 0.360 e. The lowest BCUT2D eigenvalue weighted by molar-refractivity contribution is 0.640. The maximum atomic E-state index is 13.9. The molecule has 0 saturated heterocycles. The first-order valence-corrected chi connectivity index (χ1v) is 5.57. The third-order valence-electron chi connectivity index (χ3n) is 2.98. The number of imidazole rings is 1. The highest BCUT2D eigenvalue weighted by Gasteiger charge is 2.12. The zero-order valence-corrected chi connectivity index (χ0v) is 9.44. The molecule has 0 aliphatic carbocycles. The Labute approximate surface area is 97.9 Å². The van der Waals surface area contributed by atoms with Crippen molar-refractivity contribution in [1.29, 1.82) is 0 Å². The van der Waals surface area contributed by atoms with Gasteiger partial charge in [-0.1, -0.05) is 6.07 Å². The fraction of sp³-hybridized carbons (Fsp3) is 0.154. The molecule has 3 aromatic rings. The van der Waals surface area contributed by atoms with Crippen molar-refractivity contribution in [3.8, 4) is 11.3 Å². The summed E-state index contributed by atoms with van der Waals surface area (Å²) in [6.07, 6.45) is 5.35. The first-order chi connectivity index (χ1) is 8.31. The predicted molar refractivity (Wildman–Crippen MR) is 65.2 cm³/mol. The van der Waals surface area contributed by atoms with E-state index >= 15 is 0 Å². The van der Waals surface area contributed by atoms with Crippen LogP contribution >= 0.6 is 0 Å². The third kappa shape index (κ3) is 1.45. The second kappa shape index (κ2) is 3.73. The third-order valence-corrected chi connectivity index (χ3v) is 2.98. The number of aryl methyl sites for hydroxylation is 1. The molecule has 0 spiro atoms. The first kappa shape index (κ1) is 10.1. The molecule has 0 aliphatic rings. The number of benzene rings is 1. The van der Waals surface area contributed by atoms with Crippen molar-refractivity contribution in [3.05, 3.63) is 42.7 Å². The van der Waals surface area contributed by atoms with Crippen LogP contribution in [0.5, 0.6) is 0 Å². The maximum absolute atomic E-state index is 13.9. The van der Waals surface area contributed by atoms with Crippen molar-refractivity contribution < 1.29 is 4.39 Å². The molecule has 0 radical (unpaired) electrons. The highest BCUT2D eigenvalue weighted by atomic mass is 19.1. The minimum Gasteiger partial charge on any atom is -0.360 e. The smallest absolute Gasteiger partial charge is 0.133 e. The number of nitrogens with one attached hydrogen (secondary N) is 1. The lowest BCUT2D eigenvalue weighted by atomic mass is 10.1. The summed E-state index contributed by atoms with van der Waals surface area (Å²) in [5.41, 5.74) is 2.60. The minimum atomic E-state index is -0.206. The molecule has 0 unspecified atom stereocenters. The van der Waals surface area contributed by atoms with Gasteiger partial charge in [0.2, 0.25) is 0 Å². The van der Waals surface area contributed by atoms with E-state index in [1.807, 2.05) is 23.8 Å². The van der Waals surface area contributed by atoms with Gasteiger partial charge in [0.15, 0.2) is 0 Å². The van der Waals surface area contributed by atoms with Gasteiger partial charge in [0.1, 0.15) is 5.82 Å². The van der Waals surface area contributed by atoms with E-state index in [9.17, 15) is 4.39 Å². The molecule has 3 rings (SSSR count). The van der Waals surface area contributed by atoms with Crippen LogP contribution in [0.15, 0.2) is 36.9 Å². The van der Waals surface area contributed by atoms with E-state index < -0.39 is 0 Å². The Morgan fingerprint density at radius 3 is 3.12 bits per heavy atom. The van der Waals surface area contributed by atoms with Crippen LogP contribution < -0.4 is 0 Å². The standard InChI is InChI=1S/C13H12FN3/c1-2-17-8-15-7-12(17)9-6-16-11-5-3-4-10(14)13(9)11/h3-8,16H,2H2,1H3. The zero-order valence-electron chi connectivity index (χ0n) is 9.44. The van der Waals surface area contributed by atoms with Gasteiger partial charge in [0.25, 0.3) is 0 Å². The molecular formula is C13H12FN3. The second-order valence-corrected chi connectivity index (χ2v) is 3.93. The zero-order chi connectivity index (χ0) is 11.8. The van der Waals surface area contributed by atoms with E-state index in [0.717, 1.165) is 23.3 Å². The molecule has 0 aliphatic heterocycles. The molecule has 86 valence electrons. The van der Waals surface area contributed by atoms with E-state index in [1.165, 1.54) is 6.07 Å². The lowest BCUT2D eigenvalue weighted by Crippen LogP contribution is -1.94. The fourth-order valence-corrected chi connectivity index (χ4v) is 2.14. The summed E-state index contributed by atoms with van der Waals surface area (Å²) in [5, 5.41) is 0.628. The summed E-state index contributed by atoms with van der Waals surface area (Å²) in [7, 11) is 0. The van der Waals surface area contributed by atoms with Crippen molar-refractivity contribution in [2.45, 2.75) is 13.5 Å². The monoisotopic (exact) mass is 229 g/mol. The van der Waals surface area contributed by atoms with Gasteiger partial charge >= 0.3 is 0 Å². The summed E-state index contributed by atoms with van der Waals surface area (Å²) < 4.78 is 15.9. The number of hydrogen-bond acceptors (Lipinski definition) is 1. The van der Waals surface area contributed by atoms with Gasteiger partial charge in [-0.15, -0.1) is 0 Å². The molecule has 2 aromatic heterocycles. The lowest BCUT2D eigenvalue weighted by Gasteiger charge is -2.03. The highest BCUT2D eigenvalue weighted by Crippen LogP contribution is 2.30. The molecule has 17 heavy (non-hydrogen) atoms. The van der Waals surface area contributed by atoms with Crippen molar-refractivity contribution in [2.24, 2.45) is 0 Å². The number of hydrogen-bond donors (Lipinski definition) is 1. The van der Waals surface area contributed by atoms with Crippen LogP contribution in [0.25, 0.3) is 22.2 Å². The van der Waals surface area contributed by atoms with Gasteiger partial charge in [-0.2, -0.15) is 0 Å². The van der Waals surface area contributed by atoms with Crippen LogP contribution in [0.1, 0.15) is 6.92 Å². The average Bonchev–Trinajstić information content (AvgIpc) is 2.94. The number of halogens is 1. The molecule has 0 saturated carbocycles. The van der Waals surface area contributed by atoms with Crippen LogP contribution in [0.3, 0.4) is 0 Å². The van der Waals surface area contributed by atoms with Crippen molar-refractivity contribution in [2.75, 3.05) is 0 Å². The molecule has 1 N–H and O–H groups in total. The normalized spacial score (nSPS) is 11.2. The Kier molecular flexibility index (Phi) is 2.21. The van der Waals surface area contributed by atoms with E-state index in [-0.39, 0.29) is 5.82 Å².